The van der Waals surface area contributed by atoms with Crippen molar-refractivity contribution >= 4 is 17.7 Å². The Morgan fingerprint density at radius 1 is 1.26 bits per heavy atom. The van der Waals surface area contributed by atoms with Gasteiger partial charge in [-0.25, -0.2) is 9.59 Å². The van der Waals surface area contributed by atoms with Gasteiger partial charge in [-0.05, 0) is 50.7 Å². The zero-order valence-electron chi connectivity index (χ0n) is 11.1. The number of aromatic carboxylic acids is 1. The minimum absolute atomic E-state index is 0.206. The number of carboxylic acids is 1. The van der Waals surface area contributed by atoms with Gasteiger partial charge in [0.2, 0.25) is 0 Å². The van der Waals surface area contributed by atoms with E-state index >= 15 is 0 Å². The topological polar surface area (TPSA) is 90.5 Å². The second-order valence-corrected chi connectivity index (χ2v) is 4.17. The molecule has 19 heavy (non-hydrogen) atoms. The summed E-state index contributed by atoms with van der Waals surface area (Å²) in [6, 6.07) is 4.29. The molecule has 0 aliphatic heterocycles. The van der Waals surface area contributed by atoms with Gasteiger partial charge in [0.25, 0.3) is 0 Å². The summed E-state index contributed by atoms with van der Waals surface area (Å²) < 4.78 is 0. The fourth-order valence-corrected chi connectivity index (χ4v) is 1.57. The Hall–Kier alpha value is -2.08. The molecule has 0 unspecified atom stereocenters. The van der Waals surface area contributed by atoms with Crippen molar-refractivity contribution in [3.63, 3.8) is 0 Å². The number of anilines is 1. The van der Waals surface area contributed by atoms with Crippen LogP contribution < -0.4 is 16.0 Å². The molecule has 0 fully saturated rings. The maximum atomic E-state index is 11.6. The van der Waals surface area contributed by atoms with Crippen LogP contribution in [0, 0.1) is 6.92 Å². The predicted octanol–water partition coefficient (Wildman–Crippen LogP) is 1.42. The molecule has 0 spiro atoms. The molecule has 0 radical (unpaired) electrons. The fraction of sp³-hybridized carbons (Fsp3) is 0.385. The van der Waals surface area contributed by atoms with E-state index in [0.29, 0.717) is 17.8 Å². The summed E-state index contributed by atoms with van der Waals surface area (Å²) in [6.07, 6.45) is 0.848. The Morgan fingerprint density at radius 2 is 2.00 bits per heavy atom. The third-order valence-corrected chi connectivity index (χ3v) is 2.61. The smallest absolute Gasteiger partial charge is 0.335 e. The van der Waals surface area contributed by atoms with Gasteiger partial charge in [-0.1, -0.05) is 0 Å². The summed E-state index contributed by atoms with van der Waals surface area (Å²) in [5.41, 5.74) is 1.53. The van der Waals surface area contributed by atoms with Crippen molar-refractivity contribution < 1.29 is 14.7 Å². The summed E-state index contributed by atoms with van der Waals surface area (Å²) in [5.74, 6) is -0.980. The summed E-state index contributed by atoms with van der Waals surface area (Å²) in [7, 11) is 1.85. The fourth-order valence-electron chi connectivity index (χ4n) is 1.57. The first-order valence-corrected chi connectivity index (χ1v) is 6.08. The number of rotatable bonds is 6. The Bertz CT molecular complexity index is 460. The number of nitrogens with one attached hydrogen (secondary N) is 3. The molecule has 0 aromatic heterocycles. The van der Waals surface area contributed by atoms with Crippen LogP contribution in [-0.2, 0) is 0 Å². The lowest BCUT2D eigenvalue weighted by Gasteiger charge is -2.10. The Morgan fingerprint density at radius 3 is 2.58 bits per heavy atom. The van der Waals surface area contributed by atoms with Gasteiger partial charge in [0.05, 0.1) is 5.56 Å². The van der Waals surface area contributed by atoms with E-state index in [1.54, 1.807) is 13.0 Å². The van der Waals surface area contributed by atoms with Crippen molar-refractivity contribution in [2.45, 2.75) is 13.3 Å². The number of benzene rings is 1. The van der Waals surface area contributed by atoms with Crippen molar-refractivity contribution in [2.75, 3.05) is 25.5 Å². The van der Waals surface area contributed by atoms with Crippen molar-refractivity contribution in [1.82, 2.24) is 10.6 Å². The molecule has 4 N–H and O–H groups in total. The molecule has 6 heteroatoms. The summed E-state index contributed by atoms with van der Waals surface area (Å²) >= 11 is 0. The molecule has 0 atom stereocenters. The molecular weight excluding hydrogens is 246 g/mol. The Kier molecular flexibility index (Phi) is 5.81. The molecule has 1 aromatic carbocycles. The lowest BCUT2D eigenvalue weighted by molar-refractivity contribution is 0.0697. The molecule has 104 valence electrons. The van der Waals surface area contributed by atoms with Gasteiger partial charge >= 0.3 is 12.0 Å². The number of carboxylic acid groups (broad SMARTS) is 1. The van der Waals surface area contributed by atoms with Gasteiger partial charge in [0.1, 0.15) is 0 Å². The first-order chi connectivity index (χ1) is 9.04. The zero-order chi connectivity index (χ0) is 14.3. The van der Waals surface area contributed by atoms with Crippen molar-refractivity contribution in [3.05, 3.63) is 29.3 Å². The molecule has 1 rings (SSSR count). The van der Waals surface area contributed by atoms with E-state index in [4.69, 9.17) is 5.11 Å². The van der Waals surface area contributed by atoms with Gasteiger partial charge in [0, 0.05) is 12.2 Å². The van der Waals surface area contributed by atoms with Crippen LogP contribution in [-0.4, -0.2) is 37.2 Å². The van der Waals surface area contributed by atoms with E-state index < -0.39 is 5.97 Å². The highest BCUT2D eigenvalue weighted by molar-refractivity contribution is 5.92. The molecule has 0 aliphatic carbocycles. The average Bonchev–Trinajstić information content (AvgIpc) is 2.37. The minimum atomic E-state index is -0.980. The number of carbonyl (C=O) groups is 2. The highest BCUT2D eigenvalue weighted by atomic mass is 16.4. The van der Waals surface area contributed by atoms with Crippen LogP contribution in [0.15, 0.2) is 18.2 Å². The number of hydrogen-bond donors (Lipinski definition) is 4. The molecule has 0 aliphatic rings. The van der Waals surface area contributed by atoms with Crippen LogP contribution in [0.1, 0.15) is 22.3 Å². The number of amides is 2. The second-order valence-electron chi connectivity index (χ2n) is 4.17. The molecule has 0 heterocycles. The maximum absolute atomic E-state index is 11.6. The molecule has 6 nitrogen and oxygen atoms in total. The van der Waals surface area contributed by atoms with Crippen LogP contribution >= 0.6 is 0 Å². The normalized spacial score (nSPS) is 10.0. The molecule has 0 saturated heterocycles. The van der Waals surface area contributed by atoms with Crippen molar-refractivity contribution in [1.29, 1.82) is 0 Å². The molecule has 0 saturated carbocycles. The summed E-state index contributed by atoms with van der Waals surface area (Å²) in [6.45, 7) is 3.18. The molecular formula is C13H19N3O3. The van der Waals surface area contributed by atoms with E-state index in [9.17, 15) is 9.59 Å². The Labute approximate surface area is 112 Å². The third kappa shape index (κ3) is 4.97. The van der Waals surface area contributed by atoms with E-state index in [1.165, 1.54) is 12.1 Å². The van der Waals surface area contributed by atoms with Gasteiger partial charge < -0.3 is 21.1 Å². The van der Waals surface area contributed by atoms with E-state index in [2.05, 4.69) is 16.0 Å². The van der Waals surface area contributed by atoms with Gasteiger partial charge in [-0.3, -0.25) is 0 Å². The van der Waals surface area contributed by atoms with Crippen LogP contribution in [0.4, 0.5) is 10.5 Å². The zero-order valence-corrected chi connectivity index (χ0v) is 11.1. The standard InChI is InChI=1S/C13H19N3O3/c1-9-8-10(12(17)18)4-5-11(9)16-13(19)15-7-3-6-14-2/h4-5,8,14H,3,6-7H2,1-2H3,(H,17,18)(H2,15,16,19). The highest BCUT2D eigenvalue weighted by Crippen LogP contribution is 2.16. The summed E-state index contributed by atoms with van der Waals surface area (Å²) in [4.78, 5) is 22.4. The van der Waals surface area contributed by atoms with E-state index in [1.807, 2.05) is 7.05 Å². The third-order valence-electron chi connectivity index (χ3n) is 2.61. The SMILES string of the molecule is CNCCCNC(=O)Nc1ccc(C(=O)O)cc1C. The number of carbonyl (C=O) groups excluding carboxylic acids is 1. The van der Waals surface area contributed by atoms with Crippen molar-refractivity contribution in [3.8, 4) is 0 Å². The lowest BCUT2D eigenvalue weighted by atomic mass is 10.1. The first-order valence-electron chi connectivity index (χ1n) is 6.08. The second kappa shape index (κ2) is 7.38. The number of aryl methyl sites for hydroxylation is 1. The number of urea groups is 1. The summed E-state index contributed by atoms with van der Waals surface area (Å²) in [5, 5.41) is 17.2. The van der Waals surface area contributed by atoms with Crippen LogP contribution in [0.2, 0.25) is 0 Å². The van der Waals surface area contributed by atoms with Gasteiger partial charge in [-0.15, -0.1) is 0 Å². The van der Waals surface area contributed by atoms with Crippen LogP contribution in [0.3, 0.4) is 0 Å². The lowest BCUT2D eigenvalue weighted by Crippen LogP contribution is -2.31. The largest absolute Gasteiger partial charge is 0.478 e. The van der Waals surface area contributed by atoms with Crippen LogP contribution in [0.5, 0.6) is 0 Å². The highest BCUT2D eigenvalue weighted by Gasteiger charge is 2.07. The monoisotopic (exact) mass is 265 g/mol. The first kappa shape index (κ1) is 15.0. The molecule has 1 aromatic rings. The average molecular weight is 265 g/mol. The van der Waals surface area contributed by atoms with Crippen LogP contribution in [0.25, 0.3) is 0 Å². The predicted molar refractivity (Wildman–Crippen MR) is 73.7 cm³/mol. The Balaban J connectivity index is 2.52. The van der Waals surface area contributed by atoms with E-state index in [0.717, 1.165) is 13.0 Å². The van der Waals surface area contributed by atoms with Crippen molar-refractivity contribution in [2.24, 2.45) is 0 Å². The van der Waals surface area contributed by atoms with E-state index in [-0.39, 0.29) is 11.6 Å². The molecule has 0 bridgehead atoms. The molecule has 2 amide bonds. The van der Waals surface area contributed by atoms with Gasteiger partial charge in [-0.2, -0.15) is 0 Å². The number of hydrogen-bond acceptors (Lipinski definition) is 3. The maximum Gasteiger partial charge on any atom is 0.335 e. The quantitative estimate of drug-likeness (QED) is 0.586. The minimum Gasteiger partial charge on any atom is -0.478 e. The van der Waals surface area contributed by atoms with Gasteiger partial charge in [0.15, 0.2) is 0 Å².